The Balaban J connectivity index is 3.54. The molecule has 14 heavy (non-hydrogen) atoms. The molecule has 0 N–H and O–H groups in total. The molecule has 0 unspecified atom stereocenters. The van der Waals surface area contributed by atoms with Crippen LogP contribution < -0.4 is 0 Å². The van der Waals surface area contributed by atoms with Crippen molar-refractivity contribution < 1.29 is 0 Å². The second-order valence-corrected chi connectivity index (χ2v) is 2.94. The van der Waals surface area contributed by atoms with Crippen LogP contribution in [0.15, 0.2) is 61.3 Å². The first kappa shape index (κ1) is 12.7. The highest BCUT2D eigenvalue weighted by molar-refractivity contribution is 5.15. The first-order valence-corrected chi connectivity index (χ1v) is 5.17. The molecule has 0 saturated carbocycles. The Hall–Kier alpha value is -1.30. The first-order chi connectivity index (χ1) is 6.91. The largest absolute Gasteiger partial charge is 0.103 e. The number of hydrogen-bond donors (Lipinski definition) is 0. The van der Waals surface area contributed by atoms with E-state index in [0.29, 0.717) is 0 Å². The van der Waals surface area contributed by atoms with Gasteiger partial charge in [0.25, 0.3) is 0 Å². The Morgan fingerprint density at radius 3 is 2.00 bits per heavy atom. The van der Waals surface area contributed by atoms with Gasteiger partial charge in [-0.05, 0) is 12.8 Å². The minimum absolute atomic E-state index is 0.935. The molecule has 0 aromatic rings. The van der Waals surface area contributed by atoms with Crippen molar-refractivity contribution in [3.8, 4) is 0 Å². The minimum Gasteiger partial charge on any atom is -0.103 e. The van der Waals surface area contributed by atoms with Crippen LogP contribution in [0.3, 0.4) is 0 Å². The lowest BCUT2D eigenvalue weighted by Gasteiger charge is -1.79. The highest BCUT2D eigenvalue weighted by atomic mass is 13.8. The summed E-state index contributed by atoms with van der Waals surface area (Å²) in [5.74, 6) is 0. The zero-order chi connectivity index (χ0) is 10.5. The van der Waals surface area contributed by atoms with E-state index in [0.717, 1.165) is 12.8 Å². The fraction of sp³-hybridized carbons (Fsp3) is 0.286. The molecule has 0 radical (unpaired) electrons. The molecular formula is C14H20. The normalized spacial score (nSPS) is 12.6. The van der Waals surface area contributed by atoms with Crippen LogP contribution in [0.4, 0.5) is 0 Å². The molecule has 76 valence electrons. The SMILES string of the molecule is C=CCC=CC=CC=CC=CCCC. The summed E-state index contributed by atoms with van der Waals surface area (Å²) in [4.78, 5) is 0. The fourth-order valence-electron chi connectivity index (χ4n) is 0.851. The summed E-state index contributed by atoms with van der Waals surface area (Å²) in [7, 11) is 0. The van der Waals surface area contributed by atoms with Gasteiger partial charge in [-0.2, -0.15) is 0 Å². The Morgan fingerprint density at radius 1 is 0.857 bits per heavy atom. The molecule has 0 bridgehead atoms. The molecule has 0 heteroatoms. The molecule has 0 fully saturated rings. The minimum atomic E-state index is 0.935. The van der Waals surface area contributed by atoms with Crippen LogP contribution >= 0.6 is 0 Å². The summed E-state index contributed by atoms with van der Waals surface area (Å²) >= 11 is 0. The van der Waals surface area contributed by atoms with Gasteiger partial charge in [0, 0.05) is 0 Å². The summed E-state index contributed by atoms with van der Waals surface area (Å²) in [5, 5.41) is 0. The van der Waals surface area contributed by atoms with Gasteiger partial charge in [0.2, 0.25) is 0 Å². The van der Waals surface area contributed by atoms with E-state index in [9.17, 15) is 0 Å². The molecule has 0 heterocycles. The molecule has 0 nitrogen and oxygen atoms in total. The molecule has 0 amide bonds. The molecule has 0 aliphatic rings. The molecule has 0 aliphatic heterocycles. The maximum atomic E-state index is 3.64. The molecule has 0 rings (SSSR count). The van der Waals surface area contributed by atoms with Crippen molar-refractivity contribution in [2.75, 3.05) is 0 Å². The summed E-state index contributed by atoms with van der Waals surface area (Å²) < 4.78 is 0. The van der Waals surface area contributed by atoms with E-state index in [1.807, 2.05) is 36.5 Å². The van der Waals surface area contributed by atoms with Crippen LogP contribution in [0.1, 0.15) is 26.2 Å². The van der Waals surface area contributed by atoms with Crippen molar-refractivity contribution in [1.82, 2.24) is 0 Å². The van der Waals surface area contributed by atoms with E-state index in [-0.39, 0.29) is 0 Å². The number of hydrogen-bond acceptors (Lipinski definition) is 0. The number of unbranched alkanes of at least 4 members (excludes halogenated alkanes) is 1. The van der Waals surface area contributed by atoms with Gasteiger partial charge in [-0.3, -0.25) is 0 Å². The van der Waals surface area contributed by atoms with Crippen LogP contribution in [0.2, 0.25) is 0 Å². The van der Waals surface area contributed by atoms with Crippen LogP contribution in [0.25, 0.3) is 0 Å². The van der Waals surface area contributed by atoms with Crippen molar-refractivity contribution in [3.05, 3.63) is 61.3 Å². The highest BCUT2D eigenvalue weighted by Crippen LogP contribution is 1.89. The predicted octanol–water partition coefficient (Wildman–Crippen LogP) is 4.59. The van der Waals surface area contributed by atoms with Crippen molar-refractivity contribution >= 4 is 0 Å². The maximum Gasteiger partial charge on any atom is -0.0169 e. The predicted molar refractivity (Wildman–Crippen MR) is 66.3 cm³/mol. The van der Waals surface area contributed by atoms with Crippen molar-refractivity contribution in [3.63, 3.8) is 0 Å². The number of rotatable bonds is 7. The lowest BCUT2D eigenvalue weighted by molar-refractivity contribution is 0.959. The average molecular weight is 188 g/mol. The van der Waals surface area contributed by atoms with Crippen molar-refractivity contribution in [1.29, 1.82) is 0 Å². The summed E-state index contributed by atoms with van der Waals surface area (Å²) in [5.41, 5.74) is 0. The van der Waals surface area contributed by atoms with Crippen molar-refractivity contribution in [2.45, 2.75) is 26.2 Å². The van der Waals surface area contributed by atoms with Crippen LogP contribution in [0, 0.1) is 0 Å². The molecule has 0 spiro atoms. The zero-order valence-corrected chi connectivity index (χ0v) is 9.02. The lowest BCUT2D eigenvalue weighted by Crippen LogP contribution is -1.58. The quantitative estimate of drug-likeness (QED) is 0.405. The third-order valence-electron chi connectivity index (χ3n) is 1.59. The molecule has 0 aliphatic carbocycles. The zero-order valence-electron chi connectivity index (χ0n) is 9.02. The monoisotopic (exact) mass is 188 g/mol. The van der Waals surface area contributed by atoms with Crippen LogP contribution in [0.5, 0.6) is 0 Å². The smallest absolute Gasteiger partial charge is 0.0169 e. The summed E-state index contributed by atoms with van der Waals surface area (Å²) in [6.45, 7) is 5.82. The van der Waals surface area contributed by atoms with Gasteiger partial charge in [0.15, 0.2) is 0 Å². The van der Waals surface area contributed by atoms with Crippen LogP contribution in [-0.2, 0) is 0 Å². The second-order valence-electron chi connectivity index (χ2n) is 2.94. The van der Waals surface area contributed by atoms with Gasteiger partial charge in [0.1, 0.15) is 0 Å². The van der Waals surface area contributed by atoms with E-state index in [1.54, 1.807) is 0 Å². The summed E-state index contributed by atoms with van der Waals surface area (Å²) in [6, 6.07) is 0. The molecular weight excluding hydrogens is 168 g/mol. The molecule has 0 aromatic heterocycles. The molecule has 0 aromatic carbocycles. The van der Waals surface area contributed by atoms with E-state index in [4.69, 9.17) is 0 Å². The Kier molecular flexibility index (Phi) is 10.6. The van der Waals surface area contributed by atoms with Gasteiger partial charge >= 0.3 is 0 Å². The summed E-state index contributed by atoms with van der Waals surface area (Å²) in [6.07, 6.45) is 21.7. The van der Waals surface area contributed by atoms with Gasteiger partial charge in [-0.15, -0.1) is 6.58 Å². The average Bonchev–Trinajstić information content (AvgIpc) is 2.21. The second kappa shape index (κ2) is 11.7. The van der Waals surface area contributed by atoms with Gasteiger partial charge in [-0.1, -0.05) is 68.0 Å². The highest BCUT2D eigenvalue weighted by Gasteiger charge is 1.68. The van der Waals surface area contributed by atoms with E-state index in [2.05, 4.69) is 31.7 Å². The Morgan fingerprint density at radius 2 is 1.43 bits per heavy atom. The Labute approximate surface area is 88.0 Å². The van der Waals surface area contributed by atoms with Crippen molar-refractivity contribution in [2.24, 2.45) is 0 Å². The van der Waals surface area contributed by atoms with Gasteiger partial charge in [-0.25, -0.2) is 0 Å². The topological polar surface area (TPSA) is 0 Å². The van der Waals surface area contributed by atoms with E-state index >= 15 is 0 Å². The van der Waals surface area contributed by atoms with E-state index < -0.39 is 0 Å². The fourth-order valence-corrected chi connectivity index (χ4v) is 0.851. The first-order valence-electron chi connectivity index (χ1n) is 5.17. The Bertz CT molecular complexity index is 226. The third-order valence-corrected chi connectivity index (χ3v) is 1.59. The molecule has 0 atom stereocenters. The van der Waals surface area contributed by atoms with Gasteiger partial charge in [0.05, 0.1) is 0 Å². The number of allylic oxidation sites excluding steroid dienone is 9. The van der Waals surface area contributed by atoms with E-state index in [1.165, 1.54) is 6.42 Å². The lowest BCUT2D eigenvalue weighted by atomic mass is 10.3. The standard InChI is InChI=1S/C14H20/c1-3-5-7-9-11-13-14-12-10-8-6-4-2/h3,7-14H,1,4-6H2,2H3. The van der Waals surface area contributed by atoms with Crippen LogP contribution in [-0.4, -0.2) is 0 Å². The van der Waals surface area contributed by atoms with Gasteiger partial charge < -0.3 is 0 Å². The molecule has 0 saturated heterocycles. The maximum absolute atomic E-state index is 3.64. The third kappa shape index (κ3) is 10.7.